The largest absolute Gasteiger partial charge is 0.464 e. The summed E-state index contributed by atoms with van der Waals surface area (Å²) in [6.45, 7) is 3.69. The maximum Gasteiger partial charge on any atom is 0.332 e. The Labute approximate surface area is 114 Å². The average Bonchev–Trinajstić information content (AvgIpc) is 2.32. The van der Waals surface area contributed by atoms with Gasteiger partial charge in [-0.25, -0.2) is 4.79 Å². The fraction of sp³-hybridized carbons (Fsp3) is 0.333. The van der Waals surface area contributed by atoms with E-state index in [1.54, 1.807) is 19.1 Å². The number of carbonyl (C=O) groups is 2. The maximum absolute atomic E-state index is 11.7. The molecule has 5 nitrogen and oxygen atoms in total. The van der Waals surface area contributed by atoms with Gasteiger partial charge in [-0.3, -0.25) is 4.79 Å². The van der Waals surface area contributed by atoms with Crippen LogP contribution in [0.4, 0.5) is 5.69 Å². The highest BCUT2D eigenvalue weighted by Crippen LogP contribution is 2.20. The minimum absolute atomic E-state index is 0.192. The van der Waals surface area contributed by atoms with Crippen LogP contribution in [-0.4, -0.2) is 24.5 Å². The van der Waals surface area contributed by atoms with Crippen LogP contribution in [-0.2, 0) is 14.3 Å². The van der Waals surface area contributed by atoms with Gasteiger partial charge < -0.3 is 15.8 Å². The second-order valence-electron chi connectivity index (χ2n) is 3.68. The Morgan fingerprint density at radius 3 is 2.72 bits per heavy atom. The summed E-state index contributed by atoms with van der Waals surface area (Å²) in [4.78, 5) is 23.0. The zero-order chi connectivity index (χ0) is 13.7. The molecule has 1 aromatic carbocycles. The van der Waals surface area contributed by atoms with Gasteiger partial charge in [0, 0.05) is 10.2 Å². The van der Waals surface area contributed by atoms with Crippen LogP contribution in [0.1, 0.15) is 12.5 Å². The number of hydrogen-bond donors (Lipinski definition) is 2. The number of hydrogen-bond acceptors (Lipinski definition) is 4. The van der Waals surface area contributed by atoms with E-state index in [-0.39, 0.29) is 6.61 Å². The fourth-order valence-electron chi connectivity index (χ4n) is 1.32. The summed E-state index contributed by atoms with van der Waals surface area (Å²) in [5.74, 6) is -1.32. The summed E-state index contributed by atoms with van der Waals surface area (Å²) in [6, 6.07) is 4.06. The molecule has 0 fully saturated rings. The Balaban J connectivity index is 2.72. The molecular formula is C12H15BrN2O3. The van der Waals surface area contributed by atoms with Crippen molar-refractivity contribution < 1.29 is 14.3 Å². The average molecular weight is 315 g/mol. The van der Waals surface area contributed by atoms with Crippen LogP contribution < -0.4 is 11.1 Å². The molecule has 0 heterocycles. The van der Waals surface area contributed by atoms with E-state index < -0.39 is 17.9 Å². The second kappa shape index (κ2) is 6.51. The highest BCUT2D eigenvalue weighted by atomic mass is 79.9. The predicted octanol–water partition coefficient (Wildman–Crippen LogP) is 1.59. The number of nitrogens with two attached hydrogens (primary N) is 1. The SMILES string of the molecule is CCOC(=O)C(N)C(=O)Nc1ccc(Br)cc1C. The molecule has 0 aromatic heterocycles. The molecule has 18 heavy (non-hydrogen) atoms. The number of esters is 1. The Hall–Kier alpha value is -1.40. The van der Waals surface area contributed by atoms with Crippen LogP contribution in [0, 0.1) is 6.92 Å². The van der Waals surface area contributed by atoms with Crippen LogP contribution in [0.3, 0.4) is 0 Å². The van der Waals surface area contributed by atoms with Crippen molar-refractivity contribution in [3.63, 3.8) is 0 Å². The van der Waals surface area contributed by atoms with Crippen LogP contribution in [0.15, 0.2) is 22.7 Å². The lowest BCUT2D eigenvalue weighted by Gasteiger charge is -2.12. The Morgan fingerprint density at radius 1 is 1.50 bits per heavy atom. The molecule has 3 N–H and O–H groups in total. The third-order valence-electron chi connectivity index (χ3n) is 2.27. The summed E-state index contributed by atoms with van der Waals surface area (Å²) >= 11 is 3.32. The molecule has 0 aliphatic rings. The van der Waals surface area contributed by atoms with E-state index in [0.717, 1.165) is 10.0 Å². The first-order chi connectivity index (χ1) is 8.45. The molecule has 1 atom stereocenters. The Kier molecular flexibility index (Phi) is 5.30. The maximum atomic E-state index is 11.7. The monoisotopic (exact) mass is 314 g/mol. The van der Waals surface area contributed by atoms with E-state index in [1.165, 1.54) is 0 Å². The van der Waals surface area contributed by atoms with Gasteiger partial charge in [-0.1, -0.05) is 15.9 Å². The van der Waals surface area contributed by atoms with Crippen molar-refractivity contribution in [2.24, 2.45) is 5.73 Å². The first-order valence-electron chi connectivity index (χ1n) is 5.45. The molecule has 1 amide bonds. The summed E-state index contributed by atoms with van der Waals surface area (Å²) in [5, 5.41) is 2.59. The molecule has 1 rings (SSSR count). The number of rotatable bonds is 4. The van der Waals surface area contributed by atoms with E-state index in [0.29, 0.717) is 5.69 Å². The summed E-state index contributed by atoms with van der Waals surface area (Å²) in [7, 11) is 0. The Morgan fingerprint density at radius 2 is 2.17 bits per heavy atom. The molecule has 0 radical (unpaired) electrons. The van der Waals surface area contributed by atoms with Gasteiger partial charge in [-0.2, -0.15) is 0 Å². The Bertz CT molecular complexity index is 463. The molecule has 1 unspecified atom stereocenters. The van der Waals surface area contributed by atoms with E-state index >= 15 is 0 Å². The van der Waals surface area contributed by atoms with Crippen molar-refractivity contribution in [1.82, 2.24) is 0 Å². The highest BCUT2D eigenvalue weighted by Gasteiger charge is 2.23. The first kappa shape index (κ1) is 14.7. The van der Waals surface area contributed by atoms with Crippen LogP contribution in [0.2, 0.25) is 0 Å². The molecule has 0 aliphatic carbocycles. The molecule has 0 aliphatic heterocycles. The number of nitrogens with one attached hydrogen (secondary N) is 1. The third kappa shape index (κ3) is 3.82. The lowest BCUT2D eigenvalue weighted by Crippen LogP contribution is -2.43. The van der Waals surface area contributed by atoms with E-state index in [2.05, 4.69) is 26.0 Å². The smallest absolute Gasteiger partial charge is 0.332 e. The molecule has 0 spiro atoms. The zero-order valence-corrected chi connectivity index (χ0v) is 11.8. The molecule has 6 heteroatoms. The lowest BCUT2D eigenvalue weighted by atomic mass is 10.2. The van der Waals surface area contributed by atoms with E-state index in [4.69, 9.17) is 5.73 Å². The van der Waals surface area contributed by atoms with E-state index in [1.807, 2.05) is 13.0 Å². The lowest BCUT2D eigenvalue weighted by molar-refractivity contribution is -0.146. The van der Waals surface area contributed by atoms with Gasteiger partial charge in [0.2, 0.25) is 0 Å². The molecule has 98 valence electrons. The van der Waals surface area contributed by atoms with Crippen molar-refractivity contribution in [2.45, 2.75) is 19.9 Å². The van der Waals surface area contributed by atoms with Crippen molar-refractivity contribution in [1.29, 1.82) is 0 Å². The normalized spacial score (nSPS) is 11.8. The van der Waals surface area contributed by atoms with Crippen LogP contribution in [0.25, 0.3) is 0 Å². The highest BCUT2D eigenvalue weighted by molar-refractivity contribution is 9.10. The number of benzene rings is 1. The van der Waals surface area contributed by atoms with Gasteiger partial charge in [0.1, 0.15) is 0 Å². The number of anilines is 1. The quantitative estimate of drug-likeness (QED) is 0.653. The third-order valence-corrected chi connectivity index (χ3v) is 2.76. The minimum Gasteiger partial charge on any atom is -0.464 e. The molecule has 0 bridgehead atoms. The molecule has 0 saturated heterocycles. The van der Waals surface area contributed by atoms with Gasteiger partial charge in [-0.15, -0.1) is 0 Å². The summed E-state index contributed by atoms with van der Waals surface area (Å²) in [5.41, 5.74) is 6.96. The van der Waals surface area contributed by atoms with Gasteiger partial charge in [0.05, 0.1) is 6.61 Å². The summed E-state index contributed by atoms with van der Waals surface area (Å²) < 4.78 is 5.59. The standard InChI is InChI=1S/C12H15BrN2O3/c1-3-18-12(17)10(14)11(16)15-9-5-4-8(13)6-7(9)2/h4-6,10H,3,14H2,1-2H3,(H,15,16). The predicted molar refractivity (Wildman–Crippen MR) is 72.1 cm³/mol. The van der Waals surface area contributed by atoms with Gasteiger partial charge in [0.15, 0.2) is 6.04 Å². The van der Waals surface area contributed by atoms with Crippen LogP contribution >= 0.6 is 15.9 Å². The number of halogens is 1. The number of carbonyl (C=O) groups excluding carboxylic acids is 2. The van der Waals surface area contributed by atoms with Crippen LogP contribution in [0.5, 0.6) is 0 Å². The van der Waals surface area contributed by atoms with Gasteiger partial charge in [-0.05, 0) is 37.6 Å². The van der Waals surface area contributed by atoms with Crippen molar-refractivity contribution in [2.75, 3.05) is 11.9 Å². The minimum atomic E-state index is -1.31. The van der Waals surface area contributed by atoms with Crippen molar-refractivity contribution >= 4 is 33.5 Å². The molecule has 0 saturated carbocycles. The van der Waals surface area contributed by atoms with Gasteiger partial charge in [0.25, 0.3) is 5.91 Å². The van der Waals surface area contributed by atoms with Gasteiger partial charge >= 0.3 is 5.97 Å². The molecular weight excluding hydrogens is 300 g/mol. The number of aryl methyl sites for hydroxylation is 1. The molecule has 1 aromatic rings. The zero-order valence-electron chi connectivity index (χ0n) is 10.2. The first-order valence-corrected chi connectivity index (χ1v) is 6.24. The topological polar surface area (TPSA) is 81.4 Å². The van der Waals surface area contributed by atoms with Crippen molar-refractivity contribution in [3.05, 3.63) is 28.2 Å². The number of amides is 1. The number of ether oxygens (including phenoxy) is 1. The van der Waals surface area contributed by atoms with Crippen molar-refractivity contribution in [3.8, 4) is 0 Å². The summed E-state index contributed by atoms with van der Waals surface area (Å²) in [6.07, 6.45) is 0. The fourth-order valence-corrected chi connectivity index (χ4v) is 1.79. The second-order valence-corrected chi connectivity index (χ2v) is 4.59. The van der Waals surface area contributed by atoms with E-state index in [9.17, 15) is 9.59 Å².